The predicted molar refractivity (Wildman–Crippen MR) is 155 cm³/mol. The zero-order valence-electron chi connectivity index (χ0n) is 20.4. The van der Waals surface area contributed by atoms with Crippen molar-refractivity contribution in [3.8, 4) is 0 Å². The Labute approximate surface area is 219 Å². The number of benzene rings is 3. The van der Waals surface area contributed by atoms with Gasteiger partial charge < -0.3 is 9.64 Å². The number of carbonyl (C=O) groups is 1. The van der Waals surface area contributed by atoms with Gasteiger partial charge in [0.25, 0.3) is 0 Å². The van der Waals surface area contributed by atoms with E-state index >= 15 is 0 Å². The van der Waals surface area contributed by atoms with Gasteiger partial charge in [-0.15, -0.1) is 0 Å². The monoisotopic (exact) mass is 587 g/mol. The maximum Gasteiger partial charge on any atom is 0.410 e. The standard InChI is InChI=1S/C18H15P.C11H20INO2/c1-4-10-16(11-5-1)19(17-12-6-2-7-13-17)18-14-8-3-9-15-18;1-11(2,3)15-10(14)13-6-4-9(8-12)5-7-13/h1-15H;9H,4-8H2,1-3H3. The van der Waals surface area contributed by atoms with E-state index in [0.717, 1.165) is 31.8 Å². The van der Waals surface area contributed by atoms with Gasteiger partial charge >= 0.3 is 6.09 Å². The highest BCUT2D eigenvalue weighted by atomic mass is 127. The normalized spacial score (nSPS) is 14.3. The van der Waals surface area contributed by atoms with Gasteiger partial charge in [-0.25, -0.2) is 4.79 Å². The first-order valence-electron chi connectivity index (χ1n) is 11.9. The Balaban J connectivity index is 0.000000197. The lowest BCUT2D eigenvalue weighted by Crippen LogP contribution is -2.41. The summed E-state index contributed by atoms with van der Waals surface area (Å²) in [5.41, 5.74) is -0.378. The van der Waals surface area contributed by atoms with Gasteiger partial charge in [-0.2, -0.15) is 0 Å². The molecule has 0 N–H and O–H groups in total. The van der Waals surface area contributed by atoms with E-state index in [4.69, 9.17) is 4.74 Å². The number of likely N-dealkylation sites (tertiary alicyclic amines) is 1. The van der Waals surface area contributed by atoms with Crippen LogP contribution >= 0.6 is 30.5 Å². The molecule has 0 saturated carbocycles. The van der Waals surface area contributed by atoms with E-state index in [0.29, 0.717) is 0 Å². The van der Waals surface area contributed by atoms with E-state index in [-0.39, 0.29) is 11.7 Å². The van der Waals surface area contributed by atoms with Crippen molar-refractivity contribution < 1.29 is 9.53 Å². The van der Waals surface area contributed by atoms with Crippen LogP contribution in [0.1, 0.15) is 33.6 Å². The minimum Gasteiger partial charge on any atom is -0.444 e. The minimum absolute atomic E-state index is 0.158. The number of ether oxygens (including phenoxy) is 1. The Hall–Kier alpha value is -1.91. The van der Waals surface area contributed by atoms with Crippen LogP contribution in [0, 0.1) is 5.92 Å². The molecule has 1 amide bonds. The largest absolute Gasteiger partial charge is 0.444 e. The zero-order chi connectivity index (χ0) is 24.4. The molecule has 1 saturated heterocycles. The lowest BCUT2D eigenvalue weighted by molar-refractivity contribution is 0.0192. The number of halogens is 1. The van der Waals surface area contributed by atoms with Crippen LogP contribution in [0.25, 0.3) is 0 Å². The van der Waals surface area contributed by atoms with Crippen LogP contribution in [-0.2, 0) is 4.74 Å². The molecule has 0 atom stereocenters. The van der Waals surface area contributed by atoms with Crippen LogP contribution < -0.4 is 15.9 Å². The first-order valence-corrected chi connectivity index (χ1v) is 14.7. The van der Waals surface area contributed by atoms with Gasteiger partial charge in [0.2, 0.25) is 0 Å². The molecule has 3 aromatic carbocycles. The zero-order valence-corrected chi connectivity index (χ0v) is 23.4. The van der Waals surface area contributed by atoms with Gasteiger partial charge in [0.1, 0.15) is 5.60 Å². The summed E-state index contributed by atoms with van der Waals surface area (Å²) in [6, 6.07) is 32.3. The first kappa shape index (κ1) is 26.7. The second-order valence-electron chi connectivity index (χ2n) is 9.41. The highest BCUT2D eigenvalue weighted by Gasteiger charge is 2.26. The highest BCUT2D eigenvalue weighted by molar-refractivity contribution is 14.1. The molecule has 3 nitrogen and oxygen atoms in total. The van der Waals surface area contributed by atoms with Crippen molar-refractivity contribution in [1.29, 1.82) is 0 Å². The van der Waals surface area contributed by atoms with Crippen LogP contribution in [0.3, 0.4) is 0 Å². The lowest BCUT2D eigenvalue weighted by atomic mass is 10.00. The molecule has 0 unspecified atom stereocenters. The van der Waals surface area contributed by atoms with Crippen LogP contribution in [0.4, 0.5) is 4.79 Å². The maximum atomic E-state index is 11.7. The minimum atomic E-state index is -0.446. The quantitative estimate of drug-likeness (QED) is 0.198. The third-order valence-corrected chi connectivity index (χ3v) is 9.22. The van der Waals surface area contributed by atoms with Gasteiger partial charge in [0.05, 0.1) is 0 Å². The molecular weight excluding hydrogens is 552 g/mol. The number of nitrogens with zero attached hydrogens (tertiary/aromatic N) is 1. The Morgan fingerprint density at radius 1 is 0.824 bits per heavy atom. The third-order valence-electron chi connectivity index (χ3n) is 5.53. The van der Waals surface area contributed by atoms with Gasteiger partial charge in [0, 0.05) is 17.5 Å². The molecule has 1 heterocycles. The SMILES string of the molecule is CC(C)(C)OC(=O)N1CCC(CI)CC1.c1ccc(P(c2ccccc2)c2ccccc2)cc1. The molecular formula is C29H35INO2P. The van der Waals surface area contributed by atoms with Crippen molar-refractivity contribution in [3.05, 3.63) is 91.0 Å². The van der Waals surface area contributed by atoms with E-state index in [9.17, 15) is 4.79 Å². The average molecular weight is 587 g/mol. The van der Waals surface area contributed by atoms with Gasteiger partial charge in [-0.3, -0.25) is 0 Å². The van der Waals surface area contributed by atoms with Crippen LogP contribution in [0.2, 0.25) is 0 Å². The van der Waals surface area contributed by atoms with Crippen molar-refractivity contribution in [2.45, 2.75) is 39.2 Å². The number of amides is 1. The second kappa shape index (κ2) is 13.3. The van der Waals surface area contributed by atoms with E-state index in [1.165, 1.54) is 20.3 Å². The molecule has 180 valence electrons. The van der Waals surface area contributed by atoms with Gasteiger partial charge in [-0.05, 0) is 63.4 Å². The highest BCUT2D eigenvalue weighted by Crippen LogP contribution is 2.32. The van der Waals surface area contributed by atoms with Crippen molar-refractivity contribution in [2.24, 2.45) is 5.92 Å². The summed E-state index contributed by atoms with van der Waals surface area (Å²) in [5.74, 6) is 0.782. The van der Waals surface area contributed by atoms with E-state index in [2.05, 4.69) is 114 Å². The maximum absolute atomic E-state index is 11.7. The Kier molecular flexibility index (Phi) is 10.4. The topological polar surface area (TPSA) is 29.5 Å². The summed E-state index contributed by atoms with van der Waals surface area (Å²) < 4.78 is 6.53. The summed E-state index contributed by atoms with van der Waals surface area (Å²) in [6.07, 6.45) is 2.07. The van der Waals surface area contributed by atoms with Crippen LogP contribution in [-0.4, -0.2) is 34.1 Å². The van der Waals surface area contributed by atoms with Crippen molar-refractivity contribution in [1.82, 2.24) is 4.90 Å². The summed E-state index contributed by atoms with van der Waals surface area (Å²) in [7, 11) is -0.446. The molecule has 1 aliphatic heterocycles. The summed E-state index contributed by atoms with van der Waals surface area (Å²) in [5, 5.41) is 4.19. The molecule has 0 radical (unpaired) electrons. The van der Waals surface area contributed by atoms with E-state index in [1.807, 2.05) is 25.7 Å². The Bertz CT molecular complexity index is 891. The smallest absolute Gasteiger partial charge is 0.410 e. The molecule has 5 heteroatoms. The first-order chi connectivity index (χ1) is 16.4. The number of piperidine rings is 1. The molecule has 4 rings (SSSR count). The third kappa shape index (κ3) is 8.39. The Morgan fingerprint density at radius 3 is 1.53 bits per heavy atom. The molecule has 0 aromatic heterocycles. The van der Waals surface area contributed by atoms with Crippen molar-refractivity contribution in [3.63, 3.8) is 0 Å². The summed E-state index contributed by atoms with van der Waals surface area (Å²) >= 11 is 2.42. The predicted octanol–water partition coefficient (Wildman–Crippen LogP) is 6.51. The average Bonchev–Trinajstić information content (AvgIpc) is 2.86. The number of hydrogen-bond donors (Lipinski definition) is 0. The molecule has 0 aliphatic carbocycles. The van der Waals surface area contributed by atoms with E-state index in [1.54, 1.807) is 0 Å². The van der Waals surface area contributed by atoms with Crippen molar-refractivity contribution >= 4 is 52.5 Å². The lowest BCUT2D eigenvalue weighted by Gasteiger charge is -2.32. The van der Waals surface area contributed by atoms with Crippen LogP contribution in [0.15, 0.2) is 91.0 Å². The molecule has 1 fully saturated rings. The van der Waals surface area contributed by atoms with Crippen molar-refractivity contribution in [2.75, 3.05) is 17.5 Å². The number of hydrogen-bond acceptors (Lipinski definition) is 2. The summed E-state index contributed by atoms with van der Waals surface area (Å²) in [4.78, 5) is 13.5. The fourth-order valence-electron chi connectivity index (χ4n) is 3.77. The van der Waals surface area contributed by atoms with E-state index < -0.39 is 7.92 Å². The molecule has 1 aliphatic rings. The molecule has 0 bridgehead atoms. The second-order valence-corrected chi connectivity index (χ2v) is 12.5. The molecule has 0 spiro atoms. The molecule has 34 heavy (non-hydrogen) atoms. The number of rotatable bonds is 4. The summed E-state index contributed by atoms with van der Waals surface area (Å²) in [6.45, 7) is 7.42. The molecule has 3 aromatic rings. The van der Waals surface area contributed by atoms with Gasteiger partial charge in [-0.1, -0.05) is 114 Å². The fourth-order valence-corrected chi connectivity index (χ4v) is 6.96. The number of alkyl halides is 1. The van der Waals surface area contributed by atoms with Crippen LogP contribution in [0.5, 0.6) is 0 Å². The Morgan fingerprint density at radius 2 is 1.21 bits per heavy atom. The van der Waals surface area contributed by atoms with Gasteiger partial charge in [0.15, 0.2) is 0 Å². The number of carbonyl (C=O) groups excluding carboxylic acids is 1. The fraction of sp³-hybridized carbons (Fsp3) is 0.345.